The van der Waals surface area contributed by atoms with E-state index in [1.807, 2.05) is 32.3 Å². The summed E-state index contributed by atoms with van der Waals surface area (Å²) in [6, 6.07) is 5.92. The lowest BCUT2D eigenvalue weighted by Crippen LogP contribution is -2.33. The van der Waals surface area contributed by atoms with Gasteiger partial charge >= 0.3 is 5.97 Å². The van der Waals surface area contributed by atoms with E-state index in [0.717, 1.165) is 30.5 Å². The number of benzene rings is 1. The van der Waals surface area contributed by atoms with Crippen LogP contribution < -0.4 is 4.74 Å². The Hall–Kier alpha value is -1.55. The molecule has 0 radical (unpaired) electrons. The maximum atomic E-state index is 11.9. The highest BCUT2D eigenvalue weighted by Gasteiger charge is 2.44. The number of carbonyl (C=O) groups is 1. The normalized spacial score (nSPS) is 17.4. The van der Waals surface area contributed by atoms with Gasteiger partial charge in [0.2, 0.25) is 0 Å². The molecule has 0 atom stereocenters. The van der Waals surface area contributed by atoms with E-state index < -0.39 is 11.4 Å². The van der Waals surface area contributed by atoms with Crippen LogP contribution in [0.4, 0.5) is 0 Å². The van der Waals surface area contributed by atoms with Crippen LogP contribution in [0.5, 0.6) is 5.75 Å². The van der Waals surface area contributed by atoms with Crippen LogP contribution >= 0.6 is 0 Å². The zero-order valence-electron chi connectivity index (χ0n) is 12.5. The molecule has 110 valence electrons. The van der Waals surface area contributed by atoms with Gasteiger partial charge in [-0.2, -0.15) is 0 Å². The van der Waals surface area contributed by atoms with Crippen LogP contribution in [0.3, 0.4) is 0 Å². The number of carboxylic acid groups (broad SMARTS) is 1. The number of hydrogen-bond acceptors (Lipinski definition) is 3. The molecular formula is C16H23NO3. The van der Waals surface area contributed by atoms with E-state index in [9.17, 15) is 9.90 Å². The largest absolute Gasteiger partial charge is 0.496 e. The summed E-state index contributed by atoms with van der Waals surface area (Å²) in [6.45, 7) is 0.798. The van der Waals surface area contributed by atoms with Crippen molar-refractivity contribution in [1.29, 1.82) is 0 Å². The Morgan fingerprint density at radius 2 is 2.00 bits per heavy atom. The second kappa shape index (κ2) is 5.83. The summed E-state index contributed by atoms with van der Waals surface area (Å²) in [7, 11) is 5.62. The Morgan fingerprint density at radius 1 is 1.35 bits per heavy atom. The van der Waals surface area contributed by atoms with Crippen LogP contribution in [-0.2, 0) is 16.8 Å². The maximum Gasteiger partial charge on any atom is 0.314 e. The van der Waals surface area contributed by atoms with E-state index >= 15 is 0 Å². The van der Waals surface area contributed by atoms with Gasteiger partial charge in [-0.15, -0.1) is 0 Å². The molecule has 0 unspecified atom stereocenters. The third-order valence-corrected chi connectivity index (χ3v) is 4.14. The summed E-state index contributed by atoms with van der Waals surface area (Å²) in [4.78, 5) is 13.9. The molecular weight excluding hydrogens is 254 g/mol. The summed E-state index contributed by atoms with van der Waals surface area (Å²) in [5, 5.41) is 9.74. The summed E-state index contributed by atoms with van der Waals surface area (Å²) >= 11 is 0. The minimum absolute atomic E-state index is 0.691. The van der Waals surface area contributed by atoms with Crippen molar-refractivity contribution in [3.05, 3.63) is 29.3 Å². The summed E-state index contributed by atoms with van der Waals surface area (Å²) < 4.78 is 5.42. The van der Waals surface area contributed by atoms with Crippen molar-refractivity contribution in [3.8, 4) is 5.75 Å². The zero-order valence-corrected chi connectivity index (χ0v) is 12.5. The molecule has 1 aliphatic carbocycles. The molecule has 1 saturated carbocycles. The first kappa shape index (κ1) is 14.9. The molecule has 1 aromatic carbocycles. The molecule has 4 nitrogen and oxygen atoms in total. The lowest BCUT2D eigenvalue weighted by atomic mass is 9.78. The lowest BCUT2D eigenvalue weighted by molar-refractivity contribution is -0.143. The van der Waals surface area contributed by atoms with E-state index in [4.69, 9.17) is 4.74 Å². The van der Waals surface area contributed by atoms with Crippen LogP contribution in [-0.4, -0.2) is 37.2 Å². The Kier molecular flexibility index (Phi) is 4.33. The number of rotatable bonds is 5. The molecule has 0 aromatic heterocycles. The standard InChI is InChI=1S/C16H23NO3/c1-17(2)11-12-6-7-14(20-3)13(10-12)16(15(18)19)8-4-5-9-16/h6-7,10H,4-5,8-9,11H2,1-3H3,(H,18,19). The molecule has 2 rings (SSSR count). The summed E-state index contributed by atoms with van der Waals surface area (Å²) in [6.07, 6.45) is 3.33. The van der Waals surface area contributed by atoms with Crippen LogP contribution in [0.25, 0.3) is 0 Å². The highest BCUT2D eigenvalue weighted by molar-refractivity contribution is 5.83. The number of aliphatic carboxylic acids is 1. The van der Waals surface area contributed by atoms with Gasteiger partial charge in [-0.1, -0.05) is 18.9 Å². The minimum Gasteiger partial charge on any atom is -0.496 e. The van der Waals surface area contributed by atoms with Gasteiger partial charge in [0.15, 0.2) is 0 Å². The first-order chi connectivity index (χ1) is 9.49. The first-order valence-electron chi connectivity index (χ1n) is 7.05. The molecule has 1 fully saturated rings. The van der Waals surface area contributed by atoms with Gasteiger partial charge in [0, 0.05) is 12.1 Å². The quantitative estimate of drug-likeness (QED) is 0.899. The predicted octanol–water partition coefficient (Wildman–Crippen LogP) is 2.65. The van der Waals surface area contributed by atoms with Crippen molar-refractivity contribution in [3.63, 3.8) is 0 Å². The van der Waals surface area contributed by atoms with Crippen molar-refractivity contribution in [1.82, 2.24) is 4.90 Å². The summed E-state index contributed by atoms with van der Waals surface area (Å²) in [5.74, 6) is -0.0351. The van der Waals surface area contributed by atoms with E-state index in [-0.39, 0.29) is 0 Å². The first-order valence-corrected chi connectivity index (χ1v) is 7.05. The SMILES string of the molecule is COc1ccc(CN(C)C)cc1C1(C(=O)O)CCCC1. The molecule has 0 heterocycles. The number of nitrogens with zero attached hydrogens (tertiary/aromatic N) is 1. The van der Waals surface area contributed by atoms with Crippen LogP contribution in [0.15, 0.2) is 18.2 Å². The molecule has 0 amide bonds. The average Bonchev–Trinajstić information content (AvgIpc) is 2.88. The van der Waals surface area contributed by atoms with Crippen LogP contribution in [0.2, 0.25) is 0 Å². The van der Waals surface area contributed by atoms with Gasteiger partial charge in [-0.3, -0.25) is 4.79 Å². The van der Waals surface area contributed by atoms with Gasteiger partial charge in [-0.05, 0) is 44.6 Å². The van der Waals surface area contributed by atoms with Crippen molar-refractivity contribution < 1.29 is 14.6 Å². The van der Waals surface area contributed by atoms with Gasteiger partial charge in [0.05, 0.1) is 12.5 Å². The molecule has 4 heteroatoms. The molecule has 20 heavy (non-hydrogen) atoms. The minimum atomic E-state index is -0.770. The summed E-state index contributed by atoms with van der Waals surface area (Å²) in [5.41, 5.74) is 1.19. The van der Waals surface area contributed by atoms with E-state index in [1.54, 1.807) is 7.11 Å². The number of hydrogen-bond donors (Lipinski definition) is 1. The topological polar surface area (TPSA) is 49.8 Å². The Labute approximate surface area is 120 Å². The average molecular weight is 277 g/mol. The third-order valence-electron chi connectivity index (χ3n) is 4.14. The number of carboxylic acids is 1. The second-order valence-electron chi connectivity index (χ2n) is 5.87. The van der Waals surface area contributed by atoms with Gasteiger partial charge in [0.25, 0.3) is 0 Å². The highest BCUT2D eigenvalue weighted by Crippen LogP contribution is 2.45. The third kappa shape index (κ3) is 2.66. The van der Waals surface area contributed by atoms with Crippen molar-refractivity contribution in [2.45, 2.75) is 37.6 Å². The van der Waals surface area contributed by atoms with Gasteiger partial charge in [0.1, 0.15) is 5.75 Å². The van der Waals surface area contributed by atoms with Crippen LogP contribution in [0, 0.1) is 0 Å². The van der Waals surface area contributed by atoms with Crippen molar-refractivity contribution in [2.24, 2.45) is 0 Å². The highest BCUT2D eigenvalue weighted by atomic mass is 16.5. The smallest absolute Gasteiger partial charge is 0.314 e. The Morgan fingerprint density at radius 3 is 2.50 bits per heavy atom. The maximum absolute atomic E-state index is 11.9. The second-order valence-corrected chi connectivity index (χ2v) is 5.87. The molecule has 1 N–H and O–H groups in total. The number of methoxy groups -OCH3 is 1. The fourth-order valence-corrected chi connectivity index (χ4v) is 3.17. The molecule has 1 aliphatic rings. The Bertz CT molecular complexity index is 490. The fraction of sp³-hybridized carbons (Fsp3) is 0.562. The van der Waals surface area contributed by atoms with Crippen molar-refractivity contribution >= 4 is 5.97 Å². The molecule has 1 aromatic rings. The monoisotopic (exact) mass is 277 g/mol. The molecule has 0 saturated heterocycles. The number of ether oxygens (including phenoxy) is 1. The predicted molar refractivity (Wildman–Crippen MR) is 78.2 cm³/mol. The lowest BCUT2D eigenvalue weighted by Gasteiger charge is -2.27. The van der Waals surface area contributed by atoms with Crippen molar-refractivity contribution in [2.75, 3.05) is 21.2 Å². The molecule has 0 spiro atoms. The molecule has 0 aliphatic heterocycles. The van der Waals surface area contributed by atoms with Crippen LogP contribution in [0.1, 0.15) is 36.8 Å². The van der Waals surface area contributed by atoms with E-state index in [2.05, 4.69) is 4.90 Å². The van der Waals surface area contributed by atoms with Gasteiger partial charge in [-0.25, -0.2) is 0 Å². The molecule has 0 bridgehead atoms. The van der Waals surface area contributed by atoms with E-state index in [1.165, 1.54) is 0 Å². The van der Waals surface area contributed by atoms with Gasteiger partial charge < -0.3 is 14.7 Å². The Balaban J connectivity index is 2.49. The van der Waals surface area contributed by atoms with E-state index in [0.29, 0.717) is 18.6 Å². The fourth-order valence-electron chi connectivity index (χ4n) is 3.17. The zero-order chi connectivity index (χ0) is 14.8.